The zero-order valence-corrected chi connectivity index (χ0v) is 19.1. The van der Waals surface area contributed by atoms with Crippen LogP contribution in [0.3, 0.4) is 0 Å². The summed E-state index contributed by atoms with van der Waals surface area (Å²) < 4.78 is 7.01. The van der Waals surface area contributed by atoms with E-state index in [-0.39, 0.29) is 18.6 Å². The number of rotatable bonds is 6. The van der Waals surface area contributed by atoms with E-state index in [1.165, 1.54) is 13.4 Å². The minimum absolute atomic E-state index is 0.00285. The number of halogens is 1. The molecule has 12 heteroatoms. The highest BCUT2D eigenvalue weighted by Gasteiger charge is 2.27. The molecule has 0 aliphatic carbocycles. The third-order valence-corrected chi connectivity index (χ3v) is 6.19. The van der Waals surface area contributed by atoms with Crippen molar-refractivity contribution >= 4 is 45.8 Å². The summed E-state index contributed by atoms with van der Waals surface area (Å²) in [6, 6.07) is 1.82. The summed E-state index contributed by atoms with van der Waals surface area (Å²) in [5.41, 5.74) is 3.16. The molecule has 1 aliphatic rings. The Morgan fingerprint density at radius 2 is 2.09 bits per heavy atom. The lowest BCUT2D eigenvalue weighted by Gasteiger charge is -2.38. The number of aromatic amines is 1. The number of anilines is 2. The van der Waals surface area contributed by atoms with Crippen LogP contribution in [0.2, 0.25) is 5.02 Å². The number of methoxy groups -OCH3 is 1. The summed E-state index contributed by atoms with van der Waals surface area (Å²) in [6.07, 6.45) is 6.62. The van der Waals surface area contributed by atoms with Gasteiger partial charge in [-0.15, -0.1) is 0 Å². The molecule has 1 amide bonds. The van der Waals surface area contributed by atoms with Gasteiger partial charge in [-0.1, -0.05) is 11.6 Å². The van der Waals surface area contributed by atoms with Gasteiger partial charge >= 0.3 is 0 Å². The average Bonchev–Trinajstić information content (AvgIpc) is 3.50. The molecule has 1 fully saturated rings. The normalized spacial score (nSPS) is 15.4. The van der Waals surface area contributed by atoms with Gasteiger partial charge in [-0.25, -0.2) is 19.9 Å². The van der Waals surface area contributed by atoms with Crippen LogP contribution >= 0.6 is 11.6 Å². The van der Waals surface area contributed by atoms with Gasteiger partial charge in [-0.3, -0.25) is 9.20 Å². The molecule has 5 heterocycles. The second-order valence-corrected chi connectivity index (χ2v) is 8.32. The first-order valence-corrected chi connectivity index (χ1v) is 11.0. The largest absolute Gasteiger partial charge is 0.375 e. The Labute approximate surface area is 194 Å². The fraction of sp³-hybridized carbons (Fsp3) is 0.381. The zero-order valence-electron chi connectivity index (χ0n) is 18.3. The smallest absolute Gasteiger partial charge is 0.248 e. The number of carbonyl (C=O) groups is 1. The first-order valence-electron chi connectivity index (χ1n) is 10.6. The molecule has 5 rings (SSSR count). The standard InChI is InChI=1S/C21H24ClN9O2/c1-13(28-20-18-19(25-10-24-18)26-11-27-20)14-7-15(22)16-8-23-12-31(16)21(14)30-5-3-29(4-6-30)17(32)9-33-2/h7-8,10-13H,3-6,9H2,1-2H3,(H2,24,25,26,27,28). The van der Waals surface area contributed by atoms with E-state index in [0.717, 1.165) is 16.9 Å². The van der Waals surface area contributed by atoms with Crippen LogP contribution in [-0.2, 0) is 9.53 Å². The van der Waals surface area contributed by atoms with Gasteiger partial charge in [0.15, 0.2) is 11.5 Å². The number of amides is 1. The highest BCUT2D eigenvalue weighted by molar-refractivity contribution is 6.34. The first kappa shape index (κ1) is 21.4. The average molecular weight is 470 g/mol. The Hall–Kier alpha value is -3.44. The molecule has 1 atom stereocenters. The van der Waals surface area contributed by atoms with Crippen molar-refractivity contribution in [3.63, 3.8) is 0 Å². The van der Waals surface area contributed by atoms with E-state index in [1.807, 2.05) is 15.4 Å². The first-order chi connectivity index (χ1) is 16.1. The quantitative estimate of drug-likeness (QED) is 0.441. The number of nitrogens with one attached hydrogen (secondary N) is 2. The number of H-pyrrole nitrogens is 1. The molecule has 33 heavy (non-hydrogen) atoms. The van der Waals surface area contributed by atoms with Gasteiger partial charge in [-0.2, -0.15) is 0 Å². The lowest BCUT2D eigenvalue weighted by atomic mass is 10.1. The summed E-state index contributed by atoms with van der Waals surface area (Å²) in [7, 11) is 1.53. The van der Waals surface area contributed by atoms with Crippen molar-refractivity contribution in [3.05, 3.63) is 41.8 Å². The number of carbonyl (C=O) groups excluding carboxylic acids is 1. The molecular weight excluding hydrogens is 446 g/mol. The van der Waals surface area contributed by atoms with Gasteiger partial charge in [0.2, 0.25) is 5.91 Å². The number of fused-ring (bicyclic) bond motifs is 2. The Bertz CT molecular complexity index is 1300. The maximum absolute atomic E-state index is 12.2. The summed E-state index contributed by atoms with van der Waals surface area (Å²) in [4.78, 5) is 36.6. The number of hydrogen-bond acceptors (Lipinski definition) is 8. The molecule has 0 spiro atoms. The van der Waals surface area contributed by atoms with Crippen LogP contribution < -0.4 is 10.2 Å². The van der Waals surface area contributed by atoms with Crippen LogP contribution in [0.25, 0.3) is 16.7 Å². The Morgan fingerprint density at radius 1 is 1.27 bits per heavy atom. The second kappa shape index (κ2) is 8.83. The zero-order chi connectivity index (χ0) is 22.9. The summed E-state index contributed by atoms with van der Waals surface area (Å²) in [5, 5.41) is 4.07. The Morgan fingerprint density at radius 3 is 2.88 bits per heavy atom. The van der Waals surface area contributed by atoms with Gasteiger partial charge in [-0.05, 0) is 13.0 Å². The van der Waals surface area contributed by atoms with Gasteiger partial charge in [0, 0.05) is 38.9 Å². The summed E-state index contributed by atoms with van der Waals surface area (Å²) in [6.45, 7) is 4.74. The van der Waals surface area contributed by atoms with Crippen LogP contribution in [0, 0.1) is 0 Å². The lowest BCUT2D eigenvalue weighted by molar-refractivity contribution is -0.135. The fourth-order valence-electron chi connectivity index (χ4n) is 4.24. The number of pyridine rings is 1. The molecule has 0 saturated carbocycles. The SMILES string of the molecule is COCC(=O)N1CCN(c2c(C(C)Nc3ncnc4[nH]cnc34)cc(Cl)c3cncn23)CC1. The minimum atomic E-state index is -0.146. The van der Waals surface area contributed by atoms with E-state index in [2.05, 4.69) is 42.1 Å². The molecule has 1 aliphatic heterocycles. The molecule has 0 bridgehead atoms. The fourth-order valence-corrected chi connectivity index (χ4v) is 4.50. The third kappa shape index (κ3) is 3.93. The second-order valence-electron chi connectivity index (χ2n) is 7.91. The highest BCUT2D eigenvalue weighted by Crippen LogP contribution is 2.35. The van der Waals surface area contributed by atoms with Crippen molar-refractivity contribution in [1.82, 2.24) is 34.2 Å². The topological polar surface area (TPSA) is 117 Å². The van der Waals surface area contributed by atoms with Gasteiger partial charge in [0.25, 0.3) is 0 Å². The number of ether oxygens (including phenoxy) is 1. The predicted molar refractivity (Wildman–Crippen MR) is 125 cm³/mol. The predicted octanol–water partition coefficient (Wildman–Crippen LogP) is 2.12. The molecular formula is C21H24ClN9O2. The third-order valence-electron chi connectivity index (χ3n) is 5.89. The summed E-state index contributed by atoms with van der Waals surface area (Å²) >= 11 is 6.62. The van der Waals surface area contributed by atoms with E-state index in [1.54, 1.807) is 18.9 Å². The molecule has 4 aromatic heterocycles. The van der Waals surface area contributed by atoms with E-state index < -0.39 is 0 Å². The van der Waals surface area contributed by atoms with E-state index in [9.17, 15) is 4.79 Å². The molecule has 0 radical (unpaired) electrons. The van der Waals surface area contributed by atoms with Crippen LogP contribution in [0.4, 0.5) is 11.6 Å². The van der Waals surface area contributed by atoms with E-state index in [4.69, 9.17) is 16.3 Å². The molecule has 1 saturated heterocycles. The minimum Gasteiger partial charge on any atom is -0.375 e. The van der Waals surface area contributed by atoms with Crippen molar-refractivity contribution in [3.8, 4) is 0 Å². The summed E-state index contributed by atoms with van der Waals surface area (Å²) in [5.74, 6) is 1.62. The number of hydrogen-bond donors (Lipinski definition) is 2. The van der Waals surface area contributed by atoms with Crippen molar-refractivity contribution in [1.29, 1.82) is 0 Å². The van der Waals surface area contributed by atoms with Crippen molar-refractivity contribution in [2.24, 2.45) is 0 Å². The Balaban J connectivity index is 1.48. The van der Waals surface area contributed by atoms with Crippen LogP contribution in [0.1, 0.15) is 18.5 Å². The molecule has 172 valence electrons. The number of piperazine rings is 1. The molecule has 1 unspecified atom stereocenters. The number of imidazole rings is 2. The molecule has 4 aromatic rings. The molecule has 11 nitrogen and oxygen atoms in total. The van der Waals surface area contributed by atoms with Crippen molar-refractivity contribution in [2.75, 3.05) is 50.1 Å². The number of nitrogens with zero attached hydrogens (tertiary/aromatic N) is 7. The van der Waals surface area contributed by atoms with Crippen molar-refractivity contribution in [2.45, 2.75) is 13.0 Å². The lowest BCUT2D eigenvalue weighted by Crippen LogP contribution is -2.50. The number of aromatic nitrogens is 6. The van der Waals surface area contributed by atoms with Gasteiger partial charge < -0.3 is 24.8 Å². The molecule has 0 aromatic carbocycles. The highest BCUT2D eigenvalue weighted by atomic mass is 35.5. The van der Waals surface area contributed by atoms with Crippen LogP contribution in [-0.4, -0.2) is 80.0 Å². The van der Waals surface area contributed by atoms with Crippen LogP contribution in [0.5, 0.6) is 0 Å². The monoisotopic (exact) mass is 469 g/mol. The Kier molecular flexibility index (Phi) is 5.73. The van der Waals surface area contributed by atoms with E-state index >= 15 is 0 Å². The van der Waals surface area contributed by atoms with Gasteiger partial charge in [0.05, 0.1) is 29.1 Å². The molecule has 2 N–H and O–H groups in total. The van der Waals surface area contributed by atoms with E-state index in [0.29, 0.717) is 48.2 Å². The maximum Gasteiger partial charge on any atom is 0.248 e. The van der Waals surface area contributed by atoms with Crippen molar-refractivity contribution < 1.29 is 9.53 Å². The maximum atomic E-state index is 12.2. The van der Waals surface area contributed by atoms with Gasteiger partial charge in [0.1, 0.15) is 30.6 Å². The van der Waals surface area contributed by atoms with Crippen LogP contribution in [0.15, 0.2) is 31.2 Å².